The quantitative estimate of drug-likeness (QED) is 0.569. The molecule has 0 bridgehead atoms. The predicted molar refractivity (Wildman–Crippen MR) is 69.3 cm³/mol. The summed E-state index contributed by atoms with van der Waals surface area (Å²) in [5.74, 6) is -0.830. The Bertz CT molecular complexity index is 299. The monoisotopic (exact) mass is 256 g/mol. The molecule has 1 rings (SSSR count). The zero-order valence-electron chi connectivity index (χ0n) is 11.3. The van der Waals surface area contributed by atoms with Crippen LogP contribution in [0.25, 0.3) is 0 Å². The summed E-state index contributed by atoms with van der Waals surface area (Å²) >= 11 is 0. The van der Waals surface area contributed by atoms with Crippen molar-refractivity contribution in [3.05, 3.63) is 0 Å². The molecule has 18 heavy (non-hydrogen) atoms. The Labute approximate surface area is 108 Å². The van der Waals surface area contributed by atoms with Crippen LogP contribution in [0.4, 0.5) is 0 Å². The van der Waals surface area contributed by atoms with Gasteiger partial charge in [0.05, 0.1) is 5.41 Å². The number of carboxylic acid groups (broad SMARTS) is 1. The number of nitrogens with one attached hydrogen (secondary N) is 2. The van der Waals surface area contributed by atoms with Crippen molar-refractivity contribution >= 4 is 11.9 Å². The van der Waals surface area contributed by atoms with Crippen LogP contribution in [0.3, 0.4) is 0 Å². The Hall–Kier alpha value is -1.10. The van der Waals surface area contributed by atoms with E-state index < -0.39 is 11.4 Å². The molecule has 0 aromatic rings. The molecule has 5 nitrogen and oxygen atoms in total. The molecule has 0 aromatic heterocycles. The molecule has 0 unspecified atom stereocenters. The van der Waals surface area contributed by atoms with Crippen LogP contribution in [0.1, 0.15) is 46.0 Å². The van der Waals surface area contributed by atoms with Gasteiger partial charge in [0.15, 0.2) is 0 Å². The third kappa shape index (κ3) is 4.29. The molecule has 0 atom stereocenters. The maximum absolute atomic E-state index is 11.6. The van der Waals surface area contributed by atoms with Crippen molar-refractivity contribution in [2.45, 2.75) is 52.0 Å². The van der Waals surface area contributed by atoms with Gasteiger partial charge in [-0.1, -0.05) is 20.3 Å². The lowest BCUT2D eigenvalue weighted by molar-refractivity contribution is -0.154. The second kappa shape index (κ2) is 6.73. The van der Waals surface area contributed by atoms with Crippen LogP contribution in [-0.4, -0.2) is 36.1 Å². The molecule has 1 amide bonds. The Balaban J connectivity index is 2.15. The third-order valence-corrected chi connectivity index (χ3v) is 3.52. The summed E-state index contributed by atoms with van der Waals surface area (Å²) in [4.78, 5) is 22.7. The first-order valence-corrected chi connectivity index (χ1v) is 6.70. The van der Waals surface area contributed by atoms with Crippen molar-refractivity contribution in [3.63, 3.8) is 0 Å². The summed E-state index contributed by atoms with van der Waals surface area (Å²) in [6.07, 6.45) is 3.54. The molecule has 1 aliphatic rings. The topological polar surface area (TPSA) is 78.4 Å². The molecule has 0 saturated heterocycles. The van der Waals surface area contributed by atoms with Gasteiger partial charge in [0, 0.05) is 19.0 Å². The van der Waals surface area contributed by atoms with Crippen molar-refractivity contribution in [2.24, 2.45) is 5.41 Å². The number of carbonyl (C=O) groups is 2. The van der Waals surface area contributed by atoms with Gasteiger partial charge >= 0.3 is 5.97 Å². The lowest BCUT2D eigenvalue weighted by Gasteiger charge is -2.37. The molecule has 0 aromatic carbocycles. The first-order valence-electron chi connectivity index (χ1n) is 6.70. The van der Waals surface area contributed by atoms with E-state index in [1.807, 2.05) is 0 Å². The van der Waals surface area contributed by atoms with Gasteiger partial charge in [-0.3, -0.25) is 9.59 Å². The Morgan fingerprint density at radius 1 is 1.33 bits per heavy atom. The average molecular weight is 256 g/mol. The fourth-order valence-electron chi connectivity index (χ4n) is 2.07. The third-order valence-electron chi connectivity index (χ3n) is 3.52. The van der Waals surface area contributed by atoms with Gasteiger partial charge in [0.2, 0.25) is 5.91 Å². The van der Waals surface area contributed by atoms with E-state index in [4.69, 9.17) is 5.11 Å². The van der Waals surface area contributed by atoms with Crippen molar-refractivity contribution in [1.29, 1.82) is 0 Å². The smallest absolute Gasteiger partial charge is 0.311 e. The number of carboxylic acids is 1. The van der Waals surface area contributed by atoms with E-state index in [0.717, 1.165) is 19.4 Å². The molecule has 0 heterocycles. The largest absolute Gasteiger partial charge is 0.481 e. The number of hydrogen-bond donors (Lipinski definition) is 3. The zero-order chi connectivity index (χ0) is 13.6. The minimum Gasteiger partial charge on any atom is -0.481 e. The van der Waals surface area contributed by atoms with E-state index in [1.54, 1.807) is 0 Å². The fraction of sp³-hybridized carbons (Fsp3) is 0.846. The highest BCUT2D eigenvalue weighted by molar-refractivity contribution is 5.79. The average Bonchev–Trinajstić information content (AvgIpc) is 2.22. The Morgan fingerprint density at radius 3 is 2.44 bits per heavy atom. The van der Waals surface area contributed by atoms with Gasteiger partial charge < -0.3 is 15.7 Å². The van der Waals surface area contributed by atoms with Crippen LogP contribution >= 0.6 is 0 Å². The summed E-state index contributed by atoms with van der Waals surface area (Å²) in [5, 5.41) is 15.1. The molecule has 0 radical (unpaired) electrons. The Morgan fingerprint density at radius 2 is 2.00 bits per heavy atom. The normalized spacial score (nSPS) is 17.3. The summed E-state index contributed by atoms with van der Waals surface area (Å²) in [7, 11) is 0. The molecule has 1 saturated carbocycles. The van der Waals surface area contributed by atoms with Crippen molar-refractivity contribution in [2.75, 3.05) is 13.1 Å². The summed E-state index contributed by atoms with van der Waals surface area (Å²) in [5.41, 5.74) is -0.689. The number of amides is 1. The number of rotatable bonds is 8. The van der Waals surface area contributed by atoms with E-state index in [0.29, 0.717) is 25.3 Å². The molecular weight excluding hydrogens is 232 g/mol. The van der Waals surface area contributed by atoms with Crippen molar-refractivity contribution in [3.8, 4) is 0 Å². The minimum absolute atomic E-state index is 0.0481. The number of carbonyl (C=O) groups excluding carboxylic acids is 1. The van der Waals surface area contributed by atoms with Crippen LogP contribution in [-0.2, 0) is 9.59 Å². The van der Waals surface area contributed by atoms with Gasteiger partial charge in [-0.2, -0.15) is 0 Å². The van der Waals surface area contributed by atoms with Crippen molar-refractivity contribution in [1.82, 2.24) is 10.6 Å². The second-order valence-electron chi connectivity index (χ2n) is 5.43. The Kier molecular flexibility index (Phi) is 5.59. The highest BCUT2D eigenvalue weighted by atomic mass is 16.4. The summed E-state index contributed by atoms with van der Waals surface area (Å²) in [6.45, 7) is 5.22. The highest BCUT2D eigenvalue weighted by Crippen LogP contribution is 2.40. The molecule has 3 N–H and O–H groups in total. The van der Waals surface area contributed by atoms with Crippen LogP contribution in [0, 0.1) is 5.41 Å². The van der Waals surface area contributed by atoms with Crippen LogP contribution in [0.15, 0.2) is 0 Å². The predicted octanol–water partition coefficient (Wildman–Crippen LogP) is 1.14. The first-order chi connectivity index (χ1) is 8.46. The van der Waals surface area contributed by atoms with E-state index >= 15 is 0 Å². The molecule has 1 aliphatic carbocycles. The summed E-state index contributed by atoms with van der Waals surface area (Å²) in [6, 6.07) is 0.429. The second-order valence-corrected chi connectivity index (χ2v) is 5.43. The SMILES string of the molecule is CC(C)NCCCC(=O)NCC1(C(=O)O)CCC1. The molecule has 104 valence electrons. The van der Waals surface area contributed by atoms with Crippen molar-refractivity contribution < 1.29 is 14.7 Å². The maximum Gasteiger partial charge on any atom is 0.311 e. The van der Waals surface area contributed by atoms with Gasteiger partial charge in [-0.05, 0) is 25.8 Å². The highest BCUT2D eigenvalue weighted by Gasteiger charge is 2.44. The first kappa shape index (κ1) is 15.0. The molecule has 0 aliphatic heterocycles. The lowest BCUT2D eigenvalue weighted by Crippen LogP contribution is -2.47. The maximum atomic E-state index is 11.6. The zero-order valence-corrected chi connectivity index (χ0v) is 11.3. The number of aliphatic carboxylic acids is 1. The van der Waals surface area contributed by atoms with E-state index in [9.17, 15) is 9.59 Å². The molecule has 0 spiro atoms. The van der Waals surface area contributed by atoms with Crippen LogP contribution < -0.4 is 10.6 Å². The van der Waals surface area contributed by atoms with Gasteiger partial charge in [0.1, 0.15) is 0 Å². The minimum atomic E-state index is -0.782. The van der Waals surface area contributed by atoms with Gasteiger partial charge in [-0.25, -0.2) is 0 Å². The van der Waals surface area contributed by atoms with E-state index in [-0.39, 0.29) is 12.5 Å². The fourth-order valence-corrected chi connectivity index (χ4v) is 2.07. The standard InChI is InChI=1S/C13H24N2O3/c1-10(2)14-8-3-5-11(16)15-9-13(12(17)18)6-4-7-13/h10,14H,3-9H2,1-2H3,(H,15,16)(H,17,18). The molecule has 1 fully saturated rings. The van der Waals surface area contributed by atoms with E-state index in [1.165, 1.54) is 0 Å². The molecular formula is C13H24N2O3. The number of hydrogen-bond acceptors (Lipinski definition) is 3. The van der Waals surface area contributed by atoms with Gasteiger partial charge in [-0.15, -0.1) is 0 Å². The van der Waals surface area contributed by atoms with Crippen LogP contribution in [0.2, 0.25) is 0 Å². The molecule has 5 heteroatoms. The van der Waals surface area contributed by atoms with E-state index in [2.05, 4.69) is 24.5 Å². The lowest BCUT2D eigenvalue weighted by atomic mass is 9.69. The van der Waals surface area contributed by atoms with Gasteiger partial charge in [0.25, 0.3) is 0 Å². The van der Waals surface area contributed by atoms with Crippen LogP contribution in [0.5, 0.6) is 0 Å². The summed E-state index contributed by atoms with van der Waals surface area (Å²) < 4.78 is 0.